The Morgan fingerprint density at radius 2 is 1.82 bits per heavy atom. The number of non-ortho nitro benzene ring substituents is 1. The van der Waals surface area contributed by atoms with Crippen LogP contribution in [-0.2, 0) is 14.8 Å². The zero-order chi connectivity index (χ0) is 26.4. The molecule has 0 bridgehead atoms. The first-order valence-electron chi connectivity index (χ1n) is 11.0. The number of fused-ring (bicyclic) bond motifs is 3. The standard InChI is InChI=1S/C23H15N7O5S3/c31-20(25-21-24-16-11-10-15(30(32)33)12-18(16)37-21)13-36-23-27-26-22-28(14-6-2-1-3-7-14)17-8-4-5-9-19(17)38(34,35)29(22)23/h1-12H,13H2,(H,24,25,31). The lowest BCUT2D eigenvalue weighted by Gasteiger charge is -2.30. The molecule has 2 aromatic heterocycles. The summed E-state index contributed by atoms with van der Waals surface area (Å²) >= 11 is 2.02. The molecule has 15 heteroatoms. The molecule has 1 N–H and O–H groups in total. The number of nitro benzene ring substituents is 1. The highest BCUT2D eigenvalue weighted by atomic mass is 32.2. The van der Waals surface area contributed by atoms with Gasteiger partial charge in [0.1, 0.15) is 4.90 Å². The van der Waals surface area contributed by atoms with Gasteiger partial charge in [-0.2, -0.15) is 3.97 Å². The molecule has 0 fully saturated rings. The van der Waals surface area contributed by atoms with Crippen molar-refractivity contribution in [1.29, 1.82) is 0 Å². The van der Waals surface area contributed by atoms with Crippen LogP contribution in [0.15, 0.2) is 82.8 Å². The predicted molar refractivity (Wildman–Crippen MR) is 143 cm³/mol. The Labute approximate surface area is 223 Å². The Morgan fingerprint density at radius 1 is 1.05 bits per heavy atom. The third-order valence-corrected chi connectivity index (χ3v) is 9.28. The van der Waals surface area contributed by atoms with Crippen molar-refractivity contribution in [3.63, 3.8) is 0 Å². The van der Waals surface area contributed by atoms with Crippen LogP contribution >= 0.6 is 23.1 Å². The SMILES string of the molecule is O=C(CSc1nnc2n1S(=O)(=O)c1ccccc1N2c1ccccc1)Nc1nc2ccc([N+](=O)[O-])cc2s1. The van der Waals surface area contributed by atoms with Gasteiger partial charge in [-0.1, -0.05) is 53.4 Å². The molecule has 1 aliphatic heterocycles. The van der Waals surface area contributed by atoms with Crippen molar-refractivity contribution in [3.05, 3.63) is 82.9 Å². The predicted octanol–water partition coefficient (Wildman–Crippen LogP) is 4.55. The Hall–Kier alpha value is -4.34. The minimum atomic E-state index is -4.03. The first-order valence-corrected chi connectivity index (χ1v) is 14.2. The van der Waals surface area contributed by atoms with Gasteiger partial charge in [0.2, 0.25) is 11.1 Å². The first kappa shape index (κ1) is 24.0. The Kier molecular flexibility index (Phi) is 5.81. The van der Waals surface area contributed by atoms with Crippen LogP contribution in [0.3, 0.4) is 0 Å². The quantitative estimate of drug-likeness (QED) is 0.173. The fourth-order valence-electron chi connectivity index (χ4n) is 3.95. The summed E-state index contributed by atoms with van der Waals surface area (Å²) in [4.78, 5) is 29.3. The third-order valence-electron chi connectivity index (χ3n) is 5.58. The van der Waals surface area contributed by atoms with E-state index in [2.05, 4.69) is 20.5 Å². The van der Waals surface area contributed by atoms with E-state index in [0.29, 0.717) is 21.6 Å². The van der Waals surface area contributed by atoms with Crippen LogP contribution in [0, 0.1) is 10.1 Å². The monoisotopic (exact) mass is 565 g/mol. The van der Waals surface area contributed by atoms with Crippen molar-refractivity contribution in [3.8, 4) is 0 Å². The molecule has 0 saturated carbocycles. The Bertz CT molecular complexity index is 1840. The van der Waals surface area contributed by atoms with E-state index in [9.17, 15) is 23.3 Å². The maximum absolute atomic E-state index is 13.6. The van der Waals surface area contributed by atoms with Gasteiger partial charge in [0.15, 0.2) is 5.13 Å². The van der Waals surface area contributed by atoms with E-state index >= 15 is 0 Å². The molecule has 3 aromatic carbocycles. The van der Waals surface area contributed by atoms with E-state index in [0.717, 1.165) is 27.1 Å². The summed E-state index contributed by atoms with van der Waals surface area (Å²) in [5.74, 6) is -0.531. The van der Waals surface area contributed by atoms with Gasteiger partial charge in [-0.05, 0) is 30.3 Å². The highest BCUT2D eigenvalue weighted by Crippen LogP contribution is 2.44. The number of nitro groups is 1. The number of amides is 1. The number of benzene rings is 3. The van der Waals surface area contributed by atoms with Crippen molar-refractivity contribution in [2.45, 2.75) is 10.1 Å². The number of carbonyl (C=O) groups excluding carboxylic acids is 1. The minimum Gasteiger partial charge on any atom is -0.301 e. The Balaban J connectivity index is 1.27. The van der Waals surface area contributed by atoms with Crippen LogP contribution < -0.4 is 10.2 Å². The van der Waals surface area contributed by atoms with Gasteiger partial charge in [0.25, 0.3) is 21.7 Å². The molecule has 3 heterocycles. The molecular weight excluding hydrogens is 550 g/mol. The van der Waals surface area contributed by atoms with Crippen LogP contribution in [0.1, 0.15) is 0 Å². The summed E-state index contributed by atoms with van der Waals surface area (Å²) in [7, 11) is -4.03. The lowest BCUT2D eigenvalue weighted by atomic mass is 10.2. The second kappa shape index (κ2) is 9.20. The summed E-state index contributed by atoms with van der Waals surface area (Å²) in [6, 6.07) is 20.0. The summed E-state index contributed by atoms with van der Waals surface area (Å²) < 4.78 is 28.7. The number of hydrogen-bond donors (Lipinski definition) is 1. The van der Waals surface area contributed by atoms with Crippen molar-refractivity contribution < 1.29 is 18.1 Å². The van der Waals surface area contributed by atoms with E-state index in [1.165, 1.54) is 24.3 Å². The maximum atomic E-state index is 13.6. The van der Waals surface area contributed by atoms with Crippen molar-refractivity contribution in [1.82, 2.24) is 19.2 Å². The third kappa shape index (κ3) is 4.06. The second-order valence-corrected chi connectivity index (χ2v) is 11.7. The molecule has 0 saturated heterocycles. The molecular formula is C23H15N7O5S3. The van der Waals surface area contributed by atoms with Gasteiger partial charge in [-0.3, -0.25) is 19.8 Å². The smallest absolute Gasteiger partial charge is 0.274 e. The summed E-state index contributed by atoms with van der Waals surface area (Å²) in [6.07, 6.45) is 0. The van der Waals surface area contributed by atoms with Crippen LogP contribution in [-0.4, -0.2) is 44.2 Å². The van der Waals surface area contributed by atoms with Crippen molar-refractivity contribution >= 4 is 77.4 Å². The molecule has 0 spiro atoms. The number of thioether (sulfide) groups is 1. The van der Waals surface area contributed by atoms with Gasteiger partial charge in [-0.25, -0.2) is 13.4 Å². The molecule has 5 aromatic rings. The van der Waals surface area contributed by atoms with Gasteiger partial charge >= 0.3 is 0 Å². The molecule has 0 radical (unpaired) electrons. The molecule has 6 rings (SSSR count). The van der Waals surface area contributed by atoms with Gasteiger partial charge < -0.3 is 5.32 Å². The molecule has 0 unspecified atom stereocenters. The van der Waals surface area contributed by atoms with Crippen LogP contribution in [0.4, 0.5) is 28.1 Å². The van der Waals surface area contributed by atoms with Crippen LogP contribution in [0.5, 0.6) is 0 Å². The average molecular weight is 566 g/mol. The van der Waals surface area contributed by atoms with Gasteiger partial charge in [0.05, 0.1) is 26.6 Å². The number of nitrogens with one attached hydrogen (secondary N) is 1. The average Bonchev–Trinajstić information content (AvgIpc) is 3.52. The van der Waals surface area contributed by atoms with E-state index < -0.39 is 20.9 Å². The van der Waals surface area contributed by atoms with Gasteiger partial charge in [-0.15, -0.1) is 10.2 Å². The fourth-order valence-corrected chi connectivity index (χ4v) is 7.39. The number of hydrogen-bond acceptors (Lipinski definition) is 11. The lowest BCUT2D eigenvalue weighted by molar-refractivity contribution is -0.384. The molecule has 1 aliphatic rings. The van der Waals surface area contributed by atoms with Crippen molar-refractivity contribution in [2.24, 2.45) is 0 Å². The molecule has 38 heavy (non-hydrogen) atoms. The number of anilines is 4. The topological polar surface area (TPSA) is 153 Å². The molecule has 190 valence electrons. The van der Waals surface area contributed by atoms with E-state index in [1.54, 1.807) is 23.1 Å². The highest BCUT2D eigenvalue weighted by Gasteiger charge is 2.38. The lowest BCUT2D eigenvalue weighted by Crippen LogP contribution is -2.28. The summed E-state index contributed by atoms with van der Waals surface area (Å²) in [5.41, 5.74) is 1.59. The molecule has 0 atom stereocenters. The zero-order valence-electron chi connectivity index (χ0n) is 19.1. The van der Waals surface area contributed by atoms with E-state index in [4.69, 9.17) is 0 Å². The van der Waals surface area contributed by atoms with E-state index in [-0.39, 0.29) is 32.6 Å². The second-order valence-electron chi connectivity index (χ2n) is 7.96. The number of thiazole rings is 1. The highest BCUT2D eigenvalue weighted by molar-refractivity contribution is 8.00. The first-order chi connectivity index (χ1) is 18.3. The van der Waals surface area contributed by atoms with Crippen LogP contribution in [0.2, 0.25) is 0 Å². The van der Waals surface area contributed by atoms with E-state index in [1.807, 2.05) is 30.3 Å². The van der Waals surface area contributed by atoms with Crippen molar-refractivity contribution in [2.75, 3.05) is 16.0 Å². The number of nitrogens with zero attached hydrogens (tertiary/aromatic N) is 6. The largest absolute Gasteiger partial charge is 0.301 e. The Morgan fingerprint density at radius 3 is 2.61 bits per heavy atom. The number of para-hydroxylation sites is 2. The maximum Gasteiger partial charge on any atom is 0.274 e. The number of rotatable bonds is 6. The molecule has 0 aliphatic carbocycles. The molecule has 1 amide bonds. The fraction of sp³-hybridized carbons (Fsp3) is 0.0435. The summed E-state index contributed by atoms with van der Waals surface area (Å²) in [5, 5.41) is 22.2. The number of aromatic nitrogens is 4. The van der Waals surface area contributed by atoms with Crippen LogP contribution in [0.25, 0.3) is 10.2 Å². The van der Waals surface area contributed by atoms with Gasteiger partial charge in [0, 0.05) is 17.8 Å². The normalized spacial score (nSPS) is 13.6. The zero-order valence-corrected chi connectivity index (χ0v) is 21.5. The minimum absolute atomic E-state index is 0.0329. The number of carbonyl (C=O) groups is 1. The molecule has 12 nitrogen and oxygen atoms in total. The summed E-state index contributed by atoms with van der Waals surface area (Å²) in [6.45, 7) is 0.